The number of amides is 4. The standard InChI is InChI=1S/C32H22Cl4N2O6/c1-42-28-14-18(13-27(36)29(28)44-17-19-4-2-3-5-25(19)34)12-24-30(39)37-32(41)38(31(24)40)22-8-10-23(11-9-22)43-16-20-6-7-21(33)15-26(20)35/h2-15H,16-17H2,1H3,(H,37,39,41)/b24-12+. The molecule has 1 heterocycles. The highest BCUT2D eigenvalue weighted by Crippen LogP contribution is 2.38. The van der Waals surface area contributed by atoms with Crippen molar-refractivity contribution < 1.29 is 28.6 Å². The number of methoxy groups -OCH3 is 1. The molecule has 12 heteroatoms. The van der Waals surface area contributed by atoms with Crippen LogP contribution in [0.5, 0.6) is 17.2 Å². The number of hydrogen-bond acceptors (Lipinski definition) is 6. The van der Waals surface area contributed by atoms with E-state index in [0.717, 1.165) is 16.0 Å². The maximum Gasteiger partial charge on any atom is 0.335 e. The van der Waals surface area contributed by atoms with Crippen LogP contribution in [0.15, 0.2) is 84.4 Å². The number of nitrogens with zero attached hydrogens (tertiary/aromatic N) is 1. The monoisotopic (exact) mass is 670 g/mol. The van der Waals surface area contributed by atoms with Gasteiger partial charge in [-0.05, 0) is 66.2 Å². The van der Waals surface area contributed by atoms with Crippen LogP contribution in [0.4, 0.5) is 10.5 Å². The van der Waals surface area contributed by atoms with E-state index in [4.69, 9.17) is 60.6 Å². The average molecular weight is 672 g/mol. The highest BCUT2D eigenvalue weighted by molar-refractivity contribution is 6.39. The lowest BCUT2D eigenvalue weighted by Gasteiger charge is -2.26. The Balaban J connectivity index is 1.34. The molecule has 44 heavy (non-hydrogen) atoms. The van der Waals surface area contributed by atoms with Crippen LogP contribution in [0.1, 0.15) is 16.7 Å². The number of halogens is 4. The molecule has 4 aromatic rings. The number of rotatable bonds is 9. The summed E-state index contributed by atoms with van der Waals surface area (Å²) >= 11 is 24.9. The van der Waals surface area contributed by atoms with Crippen LogP contribution in [0.2, 0.25) is 20.1 Å². The Morgan fingerprint density at radius 1 is 0.773 bits per heavy atom. The minimum Gasteiger partial charge on any atom is -0.493 e. The third-order valence-electron chi connectivity index (χ3n) is 6.50. The van der Waals surface area contributed by atoms with Crippen LogP contribution >= 0.6 is 46.4 Å². The molecule has 224 valence electrons. The number of anilines is 1. The summed E-state index contributed by atoms with van der Waals surface area (Å²) in [6.07, 6.45) is 1.32. The lowest BCUT2D eigenvalue weighted by Crippen LogP contribution is -2.54. The molecule has 1 fully saturated rings. The second-order valence-corrected chi connectivity index (χ2v) is 11.0. The lowest BCUT2D eigenvalue weighted by molar-refractivity contribution is -0.122. The predicted molar refractivity (Wildman–Crippen MR) is 170 cm³/mol. The van der Waals surface area contributed by atoms with E-state index in [1.54, 1.807) is 42.5 Å². The van der Waals surface area contributed by atoms with Crippen molar-refractivity contribution in [1.29, 1.82) is 0 Å². The van der Waals surface area contributed by atoms with Gasteiger partial charge < -0.3 is 14.2 Å². The first-order chi connectivity index (χ1) is 21.1. The fraction of sp³-hybridized carbons (Fsp3) is 0.0938. The van der Waals surface area contributed by atoms with Crippen molar-refractivity contribution in [2.75, 3.05) is 12.0 Å². The zero-order valence-electron chi connectivity index (χ0n) is 22.9. The molecule has 0 bridgehead atoms. The molecule has 1 N–H and O–H groups in total. The van der Waals surface area contributed by atoms with Gasteiger partial charge in [-0.2, -0.15) is 0 Å². The zero-order chi connectivity index (χ0) is 31.4. The Bertz CT molecular complexity index is 1790. The summed E-state index contributed by atoms with van der Waals surface area (Å²) in [5.41, 5.74) is 1.79. The number of ether oxygens (including phenoxy) is 3. The third kappa shape index (κ3) is 6.95. The summed E-state index contributed by atoms with van der Waals surface area (Å²) in [6, 6.07) is 20.7. The fourth-order valence-electron chi connectivity index (χ4n) is 4.28. The van der Waals surface area contributed by atoms with Gasteiger partial charge in [0, 0.05) is 26.2 Å². The molecule has 5 rings (SSSR count). The van der Waals surface area contributed by atoms with Gasteiger partial charge in [-0.25, -0.2) is 9.69 Å². The van der Waals surface area contributed by atoms with Gasteiger partial charge in [-0.15, -0.1) is 0 Å². The summed E-state index contributed by atoms with van der Waals surface area (Å²) in [6.45, 7) is 0.308. The number of benzene rings is 4. The zero-order valence-corrected chi connectivity index (χ0v) is 25.9. The molecule has 4 amide bonds. The van der Waals surface area contributed by atoms with E-state index in [0.29, 0.717) is 26.4 Å². The molecule has 0 aliphatic carbocycles. The van der Waals surface area contributed by atoms with E-state index >= 15 is 0 Å². The van der Waals surface area contributed by atoms with Crippen molar-refractivity contribution in [3.8, 4) is 17.2 Å². The molecule has 1 aliphatic rings. The van der Waals surface area contributed by atoms with Gasteiger partial charge in [0.15, 0.2) is 11.5 Å². The van der Waals surface area contributed by atoms with E-state index < -0.39 is 17.8 Å². The number of urea groups is 1. The number of nitrogens with one attached hydrogen (secondary N) is 1. The largest absolute Gasteiger partial charge is 0.493 e. The maximum absolute atomic E-state index is 13.4. The normalized spacial score (nSPS) is 14.1. The summed E-state index contributed by atoms with van der Waals surface area (Å²) in [4.78, 5) is 39.7. The third-order valence-corrected chi connectivity index (χ3v) is 7.74. The van der Waals surface area contributed by atoms with Crippen LogP contribution in [0.3, 0.4) is 0 Å². The summed E-state index contributed by atoms with van der Waals surface area (Å²) in [5, 5.41) is 3.89. The first-order valence-corrected chi connectivity index (χ1v) is 14.5. The summed E-state index contributed by atoms with van der Waals surface area (Å²) in [7, 11) is 1.43. The van der Waals surface area contributed by atoms with E-state index in [9.17, 15) is 14.4 Å². The Morgan fingerprint density at radius 2 is 1.48 bits per heavy atom. The second kappa shape index (κ2) is 13.6. The van der Waals surface area contributed by atoms with Crippen LogP contribution in [0, 0.1) is 0 Å². The number of barbiturate groups is 1. The molecule has 1 aliphatic heterocycles. The van der Waals surface area contributed by atoms with Gasteiger partial charge in [0.25, 0.3) is 11.8 Å². The van der Waals surface area contributed by atoms with E-state index in [1.165, 1.54) is 31.4 Å². The molecular weight excluding hydrogens is 650 g/mol. The molecule has 4 aromatic carbocycles. The van der Waals surface area contributed by atoms with Crippen molar-refractivity contribution >= 4 is 76.0 Å². The summed E-state index contributed by atoms with van der Waals surface area (Å²) < 4.78 is 17.1. The van der Waals surface area contributed by atoms with Gasteiger partial charge in [-0.1, -0.05) is 70.7 Å². The van der Waals surface area contributed by atoms with Gasteiger partial charge in [0.2, 0.25) is 0 Å². The van der Waals surface area contributed by atoms with Crippen molar-refractivity contribution in [3.05, 3.63) is 121 Å². The quantitative estimate of drug-likeness (QED) is 0.143. The van der Waals surface area contributed by atoms with E-state index in [1.807, 2.05) is 18.2 Å². The fourth-order valence-corrected chi connectivity index (χ4v) is 5.21. The Kier molecular flexibility index (Phi) is 9.66. The topological polar surface area (TPSA) is 94.2 Å². The molecule has 0 aromatic heterocycles. The molecule has 8 nitrogen and oxygen atoms in total. The molecule has 0 saturated carbocycles. The molecular formula is C32H22Cl4N2O6. The van der Waals surface area contributed by atoms with E-state index in [2.05, 4.69) is 5.32 Å². The van der Waals surface area contributed by atoms with Crippen molar-refractivity contribution in [2.45, 2.75) is 13.2 Å². The van der Waals surface area contributed by atoms with Crippen molar-refractivity contribution in [1.82, 2.24) is 5.32 Å². The highest BCUT2D eigenvalue weighted by Gasteiger charge is 2.37. The molecule has 0 atom stereocenters. The molecule has 0 unspecified atom stereocenters. The van der Waals surface area contributed by atoms with Crippen LogP contribution in [-0.4, -0.2) is 25.0 Å². The molecule has 0 spiro atoms. The SMILES string of the molecule is COc1cc(/C=C2\C(=O)NC(=O)N(c3ccc(OCc4ccc(Cl)cc4Cl)cc3)C2=O)cc(Cl)c1OCc1ccccc1Cl. The predicted octanol–water partition coefficient (Wildman–Crippen LogP) is 8.13. The Labute approximate surface area is 272 Å². The molecule has 0 radical (unpaired) electrons. The minimum absolute atomic E-state index is 0.132. The highest BCUT2D eigenvalue weighted by atomic mass is 35.5. The van der Waals surface area contributed by atoms with Crippen LogP contribution in [0.25, 0.3) is 6.08 Å². The molecule has 1 saturated heterocycles. The number of imide groups is 2. The average Bonchev–Trinajstić information content (AvgIpc) is 2.99. The number of hydrogen-bond donors (Lipinski definition) is 1. The Morgan fingerprint density at radius 3 is 2.18 bits per heavy atom. The van der Waals surface area contributed by atoms with Crippen LogP contribution < -0.4 is 24.4 Å². The lowest BCUT2D eigenvalue weighted by atomic mass is 10.1. The van der Waals surface area contributed by atoms with Crippen LogP contribution in [-0.2, 0) is 22.8 Å². The minimum atomic E-state index is -0.891. The summed E-state index contributed by atoms with van der Waals surface area (Å²) in [5.74, 6) is -0.689. The first-order valence-electron chi connectivity index (χ1n) is 13.0. The number of carbonyl (C=O) groups excluding carboxylic acids is 3. The second-order valence-electron chi connectivity index (χ2n) is 9.39. The maximum atomic E-state index is 13.4. The first kappa shape index (κ1) is 31.2. The Hall–Kier alpha value is -4.21. The van der Waals surface area contributed by atoms with Gasteiger partial charge in [0.05, 0.1) is 17.8 Å². The van der Waals surface area contributed by atoms with Gasteiger partial charge in [0.1, 0.15) is 24.5 Å². The van der Waals surface area contributed by atoms with Gasteiger partial charge in [-0.3, -0.25) is 14.9 Å². The van der Waals surface area contributed by atoms with E-state index in [-0.39, 0.29) is 41.0 Å². The number of carbonyl (C=O) groups is 3. The smallest absolute Gasteiger partial charge is 0.335 e. The van der Waals surface area contributed by atoms with Crippen molar-refractivity contribution in [3.63, 3.8) is 0 Å². The van der Waals surface area contributed by atoms with Crippen molar-refractivity contribution in [2.24, 2.45) is 0 Å². The van der Waals surface area contributed by atoms with Gasteiger partial charge >= 0.3 is 6.03 Å².